The Balaban J connectivity index is 1.74. The van der Waals surface area contributed by atoms with E-state index < -0.39 is 0 Å². The number of nitrogens with one attached hydrogen (secondary N) is 1. The SMILES string of the molecule is Brc1ccsc1CNc1ccccc1N1CCOCC1. The molecule has 0 unspecified atom stereocenters. The van der Waals surface area contributed by atoms with Crippen LogP contribution < -0.4 is 10.2 Å². The molecule has 106 valence electrons. The van der Waals surface area contributed by atoms with Crippen molar-refractivity contribution in [2.24, 2.45) is 0 Å². The molecule has 2 aromatic rings. The highest BCUT2D eigenvalue weighted by atomic mass is 79.9. The van der Waals surface area contributed by atoms with Crippen molar-refractivity contribution in [1.29, 1.82) is 0 Å². The third-order valence-electron chi connectivity index (χ3n) is 3.39. The van der Waals surface area contributed by atoms with Gasteiger partial charge < -0.3 is 15.0 Å². The topological polar surface area (TPSA) is 24.5 Å². The number of rotatable bonds is 4. The summed E-state index contributed by atoms with van der Waals surface area (Å²) in [5.74, 6) is 0. The molecule has 20 heavy (non-hydrogen) atoms. The summed E-state index contributed by atoms with van der Waals surface area (Å²) in [5, 5.41) is 5.66. The van der Waals surface area contributed by atoms with Crippen LogP contribution in [0.3, 0.4) is 0 Å². The van der Waals surface area contributed by atoms with Gasteiger partial charge in [-0.3, -0.25) is 0 Å². The van der Waals surface area contributed by atoms with Crippen LogP contribution in [0.15, 0.2) is 40.2 Å². The molecule has 0 radical (unpaired) electrons. The van der Waals surface area contributed by atoms with Gasteiger partial charge in [0, 0.05) is 22.4 Å². The smallest absolute Gasteiger partial charge is 0.0642 e. The van der Waals surface area contributed by atoms with E-state index in [1.165, 1.54) is 20.7 Å². The van der Waals surface area contributed by atoms with Crippen LogP contribution in [0.1, 0.15) is 4.88 Å². The zero-order valence-corrected chi connectivity index (χ0v) is 13.5. The first-order chi connectivity index (χ1) is 9.84. The molecule has 0 aliphatic carbocycles. The summed E-state index contributed by atoms with van der Waals surface area (Å²) >= 11 is 5.35. The van der Waals surface area contributed by atoms with E-state index >= 15 is 0 Å². The van der Waals surface area contributed by atoms with Crippen LogP contribution in [0.5, 0.6) is 0 Å². The fourth-order valence-corrected chi connectivity index (χ4v) is 3.76. The number of anilines is 2. The van der Waals surface area contributed by atoms with Crippen LogP contribution in [0.25, 0.3) is 0 Å². The molecule has 1 aromatic heterocycles. The predicted octanol–water partition coefficient (Wildman–Crippen LogP) is 3.96. The zero-order chi connectivity index (χ0) is 13.8. The summed E-state index contributed by atoms with van der Waals surface area (Å²) < 4.78 is 6.61. The number of ether oxygens (including phenoxy) is 1. The Morgan fingerprint density at radius 2 is 2.00 bits per heavy atom. The van der Waals surface area contributed by atoms with Gasteiger partial charge in [-0.2, -0.15) is 0 Å². The van der Waals surface area contributed by atoms with E-state index in [1.54, 1.807) is 11.3 Å². The van der Waals surface area contributed by atoms with E-state index in [-0.39, 0.29) is 0 Å². The Morgan fingerprint density at radius 3 is 2.75 bits per heavy atom. The molecule has 1 fully saturated rings. The summed E-state index contributed by atoms with van der Waals surface area (Å²) in [6.07, 6.45) is 0. The van der Waals surface area contributed by atoms with Gasteiger partial charge in [0.2, 0.25) is 0 Å². The Labute approximate surface area is 131 Å². The highest BCUT2D eigenvalue weighted by molar-refractivity contribution is 9.10. The molecular formula is C15H17BrN2OS. The van der Waals surface area contributed by atoms with Crippen molar-refractivity contribution < 1.29 is 4.74 Å². The third kappa shape index (κ3) is 3.16. The maximum atomic E-state index is 5.43. The monoisotopic (exact) mass is 352 g/mol. The van der Waals surface area contributed by atoms with Crippen LogP contribution in [-0.4, -0.2) is 26.3 Å². The Morgan fingerprint density at radius 1 is 1.20 bits per heavy atom. The molecule has 1 aromatic carbocycles. The quantitative estimate of drug-likeness (QED) is 0.901. The average Bonchev–Trinajstić information content (AvgIpc) is 2.92. The van der Waals surface area contributed by atoms with Crippen molar-refractivity contribution in [3.63, 3.8) is 0 Å². The number of hydrogen-bond acceptors (Lipinski definition) is 4. The van der Waals surface area contributed by atoms with Gasteiger partial charge in [-0.05, 0) is 39.5 Å². The number of thiophene rings is 1. The highest BCUT2D eigenvalue weighted by Gasteiger charge is 2.14. The Kier molecular flexibility index (Phi) is 4.60. The molecule has 1 N–H and O–H groups in total. The molecule has 0 bridgehead atoms. The van der Waals surface area contributed by atoms with Crippen LogP contribution in [0.2, 0.25) is 0 Å². The summed E-state index contributed by atoms with van der Waals surface area (Å²) in [7, 11) is 0. The second-order valence-corrected chi connectivity index (χ2v) is 6.52. The number of morpholine rings is 1. The Bertz CT molecular complexity index is 567. The molecule has 5 heteroatoms. The average molecular weight is 353 g/mol. The minimum Gasteiger partial charge on any atom is -0.378 e. The summed E-state index contributed by atoms with van der Waals surface area (Å²) in [6, 6.07) is 10.6. The van der Waals surface area contributed by atoms with Gasteiger partial charge in [0.1, 0.15) is 0 Å². The molecule has 1 aliphatic heterocycles. The van der Waals surface area contributed by atoms with Gasteiger partial charge in [-0.25, -0.2) is 0 Å². The second kappa shape index (κ2) is 6.61. The summed E-state index contributed by atoms with van der Waals surface area (Å²) in [5.41, 5.74) is 2.46. The number of halogens is 1. The van der Waals surface area contributed by atoms with E-state index in [2.05, 4.69) is 61.9 Å². The normalized spacial score (nSPS) is 15.3. The van der Waals surface area contributed by atoms with Gasteiger partial charge in [-0.1, -0.05) is 12.1 Å². The summed E-state index contributed by atoms with van der Waals surface area (Å²) in [4.78, 5) is 3.71. The first-order valence-electron chi connectivity index (χ1n) is 6.72. The largest absolute Gasteiger partial charge is 0.378 e. The van der Waals surface area contributed by atoms with Gasteiger partial charge in [0.25, 0.3) is 0 Å². The molecule has 1 saturated heterocycles. The number of para-hydroxylation sites is 2. The first-order valence-corrected chi connectivity index (χ1v) is 8.39. The zero-order valence-electron chi connectivity index (χ0n) is 11.1. The maximum Gasteiger partial charge on any atom is 0.0642 e. The van der Waals surface area contributed by atoms with E-state index in [9.17, 15) is 0 Å². The second-order valence-electron chi connectivity index (χ2n) is 4.66. The molecule has 0 amide bonds. The van der Waals surface area contributed by atoms with Gasteiger partial charge in [0.05, 0.1) is 31.1 Å². The number of hydrogen-bond donors (Lipinski definition) is 1. The molecule has 0 spiro atoms. The van der Waals surface area contributed by atoms with Crippen LogP contribution in [0.4, 0.5) is 11.4 Å². The first kappa shape index (κ1) is 13.9. The fraction of sp³-hybridized carbons (Fsp3) is 0.333. The van der Waals surface area contributed by atoms with Crippen LogP contribution in [0, 0.1) is 0 Å². The van der Waals surface area contributed by atoms with Crippen molar-refractivity contribution in [3.05, 3.63) is 45.1 Å². The number of nitrogens with zero attached hydrogens (tertiary/aromatic N) is 1. The number of benzene rings is 1. The lowest BCUT2D eigenvalue weighted by Gasteiger charge is -2.30. The van der Waals surface area contributed by atoms with Gasteiger partial charge in [0.15, 0.2) is 0 Å². The summed E-state index contributed by atoms with van der Waals surface area (Å²) in [6.45, 7) is 4.39. The van der Waals surface area contributed by atoms with E-state index in [1.807, 2.05) is 0 Å². The molecule has 1 aliphatic rings. The predicted molar refractivity (Wildman–Crippen MR) is 88.8 cm³/mol. The van der Waals surface area contributed by atoms with Crippen LogP contribution in [-0.2, 0) is 11.3 Å². The fourth-order valence-electron chi connectivity index (χ4n) is 2.33. The third-order valence-corrected chi connectivity index (χ3v) is 5.31. The highest BCUT2D eigenvalue weighted by Crippen LogP contribution is 2.29. The van der Waals surface area contributed by atoms with Crippen molar-refractivity contribution >= 4 is 38.6 Å². The molecule has 3 rings (SSSR count). The molecule has 0 saturated carbocycles. The minimum absolute atomic E-state index is 0.810. The van der Waals surface area contributed by atoms with Crippen molar-refractivity contribution in [2.45, 2.75) is 6.54 Å². The van der Waals surface area contributed by atoms with Crippen molar-refractivity contribution in [3.8, 4) is 0 Å². The van der Waals surface area contributed by atoms with Crippen molar-refractivity contribution in [2.75, 3.05) is 36.5 Å². The lowest BCUT2D eigenvalue weighted by atomic mass is 10.2. The van der Waals surface area contributed by atoms with E-state index in [0.29, 0.717) is 0 Å². The molecule has 2 heterocycles. The van der Waals surface area contributed by atoms with E-state index in [4.69, 9.17) is 4.74 Å². The molecular weight excluding hydrogens is 336 g/mol. The lowest BCUT2D eigenvalue weighted by molar-refractivity contribution is 0.123. The minimum atomic E-state index is 0.810. The molecule has 0 atom stereocenters. The molecule has 3 nitrogen and oxygen atoms in total. The maximum absolute atomic E-state index is 5.43. The van der Waals surface area contributed by atoms with Gasteiger partial charge >= 0.3 is 0 Å². The standard InChI is InChI=1S/C15H17BrN2OS/c16-12-5-10-20-15(12)11-17-13-3-1-2-4-14(13)18-6-8-19-9-7-18/h1-5,10,17H,6-9,11H2. The Hall–Kier alpha value is -1.04. The van der Waals surface area contributed by atoms with Crippen LogP contribution >= 0.6 is 27.3 Å². The van der Waals surface area contributed by atoms with Crippen molar-refractivity contribution in [1.82, 2.24) is 0 Å². The lowest BCUT2D eigenvalue weighted by Crippen LogP contribution is -2.36. The van der Waals surface area contributed by atoms with E-state index in [0.717, 1.165) is 32.8 Å². The van der Waals surface area contributed by atoms with Gasteiger partial charge in [-0.15, -0.1) is 11.3 Å².